The van der Waals surface area contributed by atoms with Crippen LogP contribution in [0.1, 0.15) is 23.5 Å². The minimum Gasteiger partial charge on any atom is -0.370 e. The van der Waals surface area contributed by atoms with Crippen molar-refractivity contribution in [2.75, 3.05) is 5.32 Å². The summed E-state index contributed by atoms with van der Waals surface area (Å²) < 4.78 is 13.7. The van der Waals surface area contributed by atoms with E-state index in [1.165, 1.54) is 11.6 Å². The summed E-state index contributed by atoms with van der Waals surface area (Å²) in [4.78, 5) is 4.42. The fourth-order valence-electron chi connectivity index (χ4n) is 2.43. The van der Waals surface area contributed by atoms with Crippen LogP contribution in [-0.2, 0) is 0 Å². The fourth-order valence-corrected chi connectivity index (χ4v) is 2.43. The number of hydrogen-bond acceptors (Lipinski definition) is 1. The number of benzene rings is 2. The Bertz CT molecular complexity index is 664. The van der Waals surface area contributed by atoms with E-state index in [1.807, 2.05) is 43.3 Å². The summed E-state index contributed by atoms with van der Waals surface area (Å²) in [5.41, 5.74) is 8.74. The van der Waals surface area contributed by atoms with Gasteiger partial charge in [-0.2, -0.15) is 0 Å². The molecule has 1 aliphatic rings. The molecular formula is C17H18FN3. The van der Waals surface area contributed by atoms with Crippen LogP contribution in [0.25, 0.3) is 0 Å². The summed E-state index contributed by atoms with van der Waals surface area (Å²) in [5, 5.41) is 3.06. The molecule has 108 valence electrons. The molecule has 2 aromatic rings. The first-order valence-electron chi connectivity index (χ1n) is 7.05. The van der Waals surface area contributed by atoms with E-state index in [9.17, 15) is 4.39 Å². The van der Waals surface area contributed by atoms with Crippen LogP contribution in [0.5, 0.6) is 0 Å². The third-order valence-corrected chi connectivity index (χ3v) is 3.69. The molecule has 0 saturated heterocycles. The first-order chi connectivity index (χ1) is 10.1. The second-order valence-corrected chi connectivity index (χ2v) is 5.44. The zero-order valence-corrected chi connectivity index (χ0v) is 11.9. The summed E-state index contributed by atoms with van der Waals surface area (Å²) in [6.45, 7) is 2.03. The molecule has 1 fully saturated rings. The highest BCUT2D eigenvalue weighted by Crippen LogP contribution is 2.44. The Morgan fingerprint density at radius 2 is 1.90 bits per heavy atom. The van der Waals surface area contributed by atoms with E-state index in [2.05, 4.69) is 10.3 Å². The van der Waals surface area contributed by atoms with Gasteiger partial charge in [-0.15, -0.1) is 0 Å². The van der Waals surface area contributed by atoms with Crippen LogP contribution in [0.3, 0.4) is 0 Å². The SMILES string of the molecule is Cc1ccc(NC(N)=NC2CC2c2ccccc2F)cc1. The maximum atomic E-state index is 13.7. The van der Waals surface area contributed by atoms with Gasteiger partial charge in [-0.25, -0.2) is 9.38 Å². The smallest absolute Gasteiger partial charge is 0.193 e. The van der Waals surface area contributed by atoms with Gasteiger partial charge in [0.2, 0.25) is 0 Å². The molecule has 0 radical (unpaired) electrons. The fraction of sp³-hybridized carbons (Fsp3) is 0.235. The molecule has 1 aliphatic carbocycles. The molecular weight excluding hydrogens is 265 g/mol. The van der Waals surface area contributed by atoms with Crippen molar-refractivity contribution in [3.63, 3.8) is 0 Å². The van der Waals surface area contributed by atoms with Crippen molar-refractivity contribution < 1.29 is 4.39 Å². The highest BCUT2D eigenvalue weighted by atomic mass is 19.1. The molecule has 4 heteroatoms. The van der Waals surface area contributed by atoms with Gasteiger partial charge in [0.1, 0.15) is 5.82 Å². The van der Waals surface area contributed by atoms with Crippen molar-refractivity contribution in [3.05, 3.63) is 65.5 Å². The van der Waals surface area contributed by atoms with Crippen LogP contribution in [0, 0.1) is 12.7 Å². The zero-order chi connectivity index (χ0) is 14.8. The molecule has 2 unspecified atom stereocenters. The van der Waals surface area contributed by atoms with Crippen LogP contribution in [-0.4, -0.2) is 12.0 Å². The van der Waals surface area contributed by atoms with Crippen molar-refractivity contribution in [2.45, 2.75) is 25.3 Å². The third kappa shape index (κ3) is 3.21. The molecule has 0 spiro atoms. The monoisotopic (exact) mass is 283 g/mol. The Balaban J connectivity index is 1.64. The minimum absolute atomic E-state index is 0.0693. The molecule has 3 rings (SSSR count). The highest BCUT2D eigenvalue weighted by Gasteiger charge is 2.40. The zero-order valence-electron chi connectivity index (χ0n) is 11.9. The van der Waals surface area contributed by atoms with E-state index in [0.29, 0.717) is 5.96 Å². The summed E-state index contributed by atoms with van der Waals surface area (Å²) in [6.07, 6.45) is 0.844. The molecule has 21 heavy (non-hydrogen) atoms. The number of nitrogens with two attached hydrogens (primary N) is 1. The Morgan fingerprint density at radius 1 is 1.19 bits per heavy atom. The molecule has 0 aliphatic heterocycles. The van der Waals surface area contributed by atoms with Crippen molar-refractivity contribution in [1.29, 1.82) is 0 Å². The maximum absolute atomic E-state index is 13.7. The lowest BCUT2D eigenvalue weighted by molar-refractivity contribution is 0.609. The highest BCUT2D eigenvalue weighted by molar-refractivity contribution is 5.92. The second kappa shape index (κ2) is 5.56. The van der Waals surface area contributed by atoms with Crippen LogP contribution < -0.4 is 11.1 Å². The lowest BCUT2D eigenvalue weighted by atomic mass is 10.1. The van der Waals surface area contributed by atoms with Crippen LogP contribution in [0.2, 0.25) is 0 Å². The number of rotatable bonds is 3. The lowest BCUT2D eigenvalue weighted by Crippen LogP contribution is -2.23. The molecule has 0 bridgehead atoms. The van der Waals surface area contributed by atoms with Gasteiger partial charge < -0.3 is 11.1 Å². The van der Waals surface area contributed by atoms with E-state index in [1.54, 1.807) is 6.07 Å². The first-order valence-corrected chi connectivity index (χ1v) is 7.05. The Hall–Kier alpha value is -2.36. The van der Waals surface area contributed by atoms with Crippen LogP contribution >= 0.6 is 0 Å². The minimum atomic E-state index is -0.162. The largest absolute Gasteiger partial charge is 0.370 e. The quantitative estimate of drug-likeness (QED) is 0.670. The van der Waals surface area contributed by atoms with Crippen molar-refractivity contribution >= 4 is 11.6 Å². The molecule has 3 N–H and O–H groups in total. The van der Waals surface area contributed by atoms with E-state index in [4.69, 9.17) is 5.73 Å². The third-order valence-electron chi connectivity index (χ3n) is 3.69. The standard InChI is InChI=1S/C17H18FN3/c1-11-6-8-12(9-7-11)20-17(19)21-16-10-14(16)13-4-2-3-5-15(13)18/h2-9,14,16H,10H2,1H3,(H3,19,20,21). The van der Waals surface area contributed by atoms with E-state index in [-0.39, 0.29) is 17.8 Å². The number of hydrogen-bond donors (Lipinski definition) is 2. The number of aliphatic imine (C=N–C) groups is 1. The van der Waals surface area contributed by atoms with Gasteiger partial charge >= 0.3 is 0 Å². The molecule has 2 atom stereocenters. The number of halogens is 1. The first kappa shape index (κ1) is 13.6. The van der Waals surface area contributed by atoms with Gasteiger partial charge in [-0.3, -0.25) is 0 Å². The predicted molar refractivity (Wildman–Crippen MR) is 84.0 cm³/mol. The molecule has 0 heterocycles. The normalized spacial score (nSPS) is 21.1. The second-order valence-electron chi connectivity index (χ2n) is 5.44. The Kier molecular flexibility index (Phi) is 3.60. The van der Waals surface area contributed by atoms with Crippen molar-refractivity contribution in [3.8, 4) is 0 Å². The topological polar surface area (TPSA) is 50.4 Å². The Labute approximate surface area is 123 Å². The van der Waals surface area contributed by atoms with Crippen molar-refractivity contribution in [1.82, 2.24) is 0 Å². The molecule has 3 nitrogen and oxygen atoms in total. The van der Waals surface area contributed by atoms with Gasteiger partial charge in [-0.05, 0) is 37.1 Å². The summed E-state index contributed by atoms with van der Waals surface area (Å²) in [5.74, 6) is 0.359. The average molecular weight is 283 g/mol. The van der Waals surface area contributed by atoms with Crippen LogP contribution in [0.15, 0.2) is 53.5 Å². The average Bonchev–Trinajstić information content (AvgIpc) is 3.21. The van der Waals surface area contributed by atoms with E-state index in [0.717, 1.165) is 17.7 Å². The van der Waals surface area contributed by atoms with Crippen molar-refractivity contribution in [2.24, 2.45) is 10.7 Å². The molecule has 1 saturated carbocycles. The number of nitrogens with one attached hydrogen (secondary N) is 1. The predicted octanol–water partition coefficient (Wildman–Crippen LogP) is 3.42. The van der Waals surface area contributed by atoms with Gasteiger partial charge in [0.15, 0.2) is 5.96 Å². The van der Waals surface area contributed by atoms with Crippen LogP contribution in [0.4, 0.5) is 10.1 Å². The molecule has 2 aromatic carbocycles. The number of guanidine groups is 1. The Morgan fingerprint density at radius 3 is 2.62 bits per heavy atom. The number of aryl methyl sites for hydroxylation is 1. The summed E-state index contributed by atoms with van der Waals surface area (Å²) >= 11 is 0. The molecule has 0 aromatic heterocycles. The van der Waals surface area contributed by atoms with Gasteiger partial charge in [-0.1, -0.05) is 35.9 Å². The number of anilines is 1. The summed E-state index contributed by atoms with van der Waals surface area (Å²) in [7, 11) is 0. The van der Waals surface area contributed by atoms with E-state index < -0.39 is 0 Å². The summed E-state index contributed by atoms with van der Waals surface area (Å²) in [6, 6.07) is 14.9. The molecule has 0 amide bonds. The van der Waals surface area contributed by atoms with Gasteiger partial charge in [0.05, 0.1) is 6.04 Å². The maximum Gasteiger partial charge on any atom is 0.193 e. The lowest BCUT2D eigenvalue weighted by Gasteiger charge is -2.06. The van der Waals surface area contributed by atoms with E-state index >= 15 is 0 Å². The van der Waals surface area contributed by atoms with Gasteiger partial charge in [0.25, 0.3) is 0 Å². The van der Waals surface area contributed by atoms with Gasteiger partial charge in [0, 0.05) is 11.6 Å². The number of nitrogens with zero attached hydrogens (tertiary/aromatic N) is 1.